The first-order valence-corrected chi connectivity index (χ1v) is 0.928. The van der Waals surface area contributed by atoms with E-state index in [4.69, 9.17) is 9.90 Å². The van der Waals surface area contributed by atoms with Gasteiger partial charge < -0.3 is 22.2 Å². The molecule has 7 heavy (non-hydrogen) atoms. The lowest BCUT2D eigenvalue weighted by Crippen LogP contribution is -1.78. The molecule has 0 saturated carbocycles. The Morgan fingerprint density at radius 3 is 1.43 bits per heavy atom. The van der Waals surface area contributed by atoms with Crippen LogP contribution in [-0.2, 0) is 4.79 Å². The van der Waals surface area contributed by atoms with E-state index < -0.39 is 5.97 Å². The van der Waals surface area contributed by atoms with E-state index in [2.05, 4.69) is 0 Å². The largest absolute Gasteiger partial charge is 0.481 e. The lowest BCUT2D eigenvalue weighted by Gasteiger charge is -1.59. The maximum atomic E-state index is 9.00. The third-order valence-corrected chi connectivity index (χ3v) is 0. The zero-order valence-corrected chi connectivity index (χ0v) is 4.06. The van der Waals surface area contributed by atoms with Crippen molar-refractivity contribution in [1.29, 1.82) is 0 Å². The Kier molecular flexibility index (Phi) is 86.2. The fourth-order valence-electron chi connectivity index (χ4n) is 0. The van der Waals surface area contributed by atoms with Crippen molar-refractivity contribution in [3.8, 4) is 0 Å². The molecule has 5 nitrogen and oxygen atoms in total. The number of hydrogen-bond acceptors (Lipinski definition) is 2. The molecule has 0 bridgehead atoms. The Balaban J connectivity index is -0.0000000150. The quantitative estimate of drug-likeness (QED) is 0.399. The molecule has 0 aromatic rings. The van der Waals surface area contributed by atoms with Gasteiger partial charge in [0.1, 0.15) is 0 Å². The zero-order chi connectivity index (χ0) is 3.58. The molecule has 0 radical (unpaired) electrons. The molecule has 0 aliphatic carbocycles. The molecule has 0 amide bonds. The van der Waals surface area contributed by atoms with Crippen molar-refractivity contribution in [1.82, 2.24) is 6.15 Å². The van der Waals surface area contributed by atoms with Crippen LogP contribution >= 0.6 is 0 Å². The summed E-state index contributed by atoms with van der Waals surface area (Å²) in [6.07, 6.45) is 0. The van der Waals surface area contributed by atoms with Gasteiger partial charge in [0.05, 0.1) is 0 Å². The fourth-order valence-corrected chi connectivity index (χ4v) is 0. The van der Waals surface area contributed by atoms with Crippen LogP contribution in [0.1, 0.15) is 6.92 Å². The van der Waals surface area contributed by atoms with Gasteiger partial charge in [-0.05, 0) is 0 Å². The Bertz CT molecular complexity index is 32.7. The van der Waals surface area contributed by atoms with Crippen molar-refractivity contribution in [2.45, 2.75) is 6.92 Å². The molecule has 0 saturated heterocycles. The molecule has 0 spiro atoms. The van der Waals surface area contributed by atoms with Gasteiger partial charge in [0.2, 0.25) is 0 Å². The Morgan fingerprint density at radius 1 is 1.43 bits per heavy atom. The summed E-state index contributed by atoms with van der Waals surface area (Å²) in [5.74, 6) is -0.833. The summed E-state index contributed by atoms with van der Waals surface area (Å²) >= 11 is 0. The molecule has 0 aliphatic rings. The Hall–Kier alpha value is -0.650. The smallest absolute Gasteiger partial charge is 0.300 e. The van der Waals surface area contributed by atoms with Crippen LogP contribution in [0.25, 0.3) is 0 Å². The van der Waals surface area contributed by atoms with Crippen LogP contribution in [0.15, 0.2) is 0 Å². The molecule has 0 aromatic carbocycles. The number of aliphatic carboxylic acids is 1. The van der Waals surface area contributed by atoms with Crippen molar-refractivity contribution in [3.05, 3.63) is 0 Å². The minimum Gasteiger partial charge on any atom is -0.481 e. The maximum Gasteiger partial charge on any atom is 0.300 e. The average Bonchev–Trinajstić information content (AvgIpc) is 0.811. The van der Waals surface area contributed by atoms with Crippen LogP contribution in [0.4, 0.5) is 0 Å². The van der Waals surface area contributed by atoms with Crippen molar-refractivity contribution < 1.29 is 20.9 Å². The third-order valence-electron chi connectivity index (χ3n) is 0. The molecule has 0 unspecified atom stereocenters. The normalized spacial score (nSPS) is 3.57. The van der Waals surface area contributed by atoms with Crippen LogP contribution < -0.4 is 6.15 Å². The van der Waals surface area contributed by atoms with E-state index in [9.17, 15) is 0 Å². The predicted molar refractivity (Wildman–Crippen MR) is 25.6 cm³/mol. The second-order valence-electron chi connectivity index (χ2n) is 0.519. The van der Waals surface area contributed by atoms with E-state index in [-0.39, 0.29) is 17.1 Å². The van der Waals surface area contributed by atoms with E-state index >= 15 is 0 Å². The molecule has 0 rings (SSSR count). The van der Waals surface area contributed by atoms with Gasteiger partial charge in [-0.25, -0.2) is 0 Å². The maximum absolute atomic E-state index is 9.00. The summed E-state index contributed by atoms with van der Waals surface area (Å²) in [6.45, 7) is 1.08. The molecule has 8 N–H and O–H groups in total. The lowest BCUT2D eigenvalue weighted by molar-refractivity contribution is -0.134. The van der Waals surface area contributed by atoms with Gasteiger partial charge in [0.25, 0.3) is 5.97 Å². The average molecular weight is 113 g/mol. The molecule has 5 heteroatoms. The van der Waals surface area contributed by atoms with Crippen LogP contribution in [0.3, 0.4) is 0 Å². The van der Waals surface area contributed by atoms with Gasteiger partial charge in [-0.15, -0.1) is 0 Å². The molecule has 0 fully saturated rings. The highest BCUT2D eigenvalue weighted by Crippen LogP contribution is 1.42. The minimum absolute atomic E-state index is 0. The number of carboxylic acid groups (broad SMARTS) is 1. The number of hydrogen-bond donors (Lipinski definition) is 2. The number of carbonyl (C=O) groups is 1. The Morgan fingerprint density at radius 2 is 1.43 bits per heavy atom. The van der Waals surface area contributed by atoms with E-state index in [1.807, 2.05) is 0 Å². The van der Waals surface area contributed by atoms with E-state index in [0.717, 1.165) is 6.92 Å². The van der Waals surface area contributed by atoms with Gasteiger partial charge in [-0.2, -0.15) is 0 Å². The molecule has 0 heterocycles. The predicted octanol–water partition coefficient (Wildman–Crippen LogP) is -1.40. The second-order valence-corrected chi connectivity index (χ2v) is 0.519. The first-order valence-electron chi connectivity index (χ1n) is 0.928. The molecular formula is C2H11NO4. The molecule has 0 aliphatic heterocycles. The first-order chi connectivity index (χ1) is 1.73. The summed E-state index contributed by atoms with van der Waals surface area (Å²) in [5.41, 5.74) is 0. The fraction of sp³-hybridized carbons (Fsp3) is 0.500. The monoisotopic (exact) mass is 113 g/mol. The topological polar surface area (TPSA) is 135 Å². The standard InChI is InChI=1S/C2H4O2.H3N.2H2O/c1-2(3)4;;;/h1H3,(H,3,4);1H3;2*1H2. The van der Waals surface area contributed by atoms with Crippen molar-refractivity contribution >= 4 is 5.97 Å². The van der Waals surface area contributed by atoms with E-state index in [1.165, 1.54) is 0 Å². The summed E-state index contributed by atoms with van der Waals surface area (Å²) in [4.78, 5) is 9.00. The van der Waals surface area contributed by atoms with Gasteiger partial charge in [-0.1, -0.05) is 0 Å². The Labute approximate surface area is 41.2 Å². The molecule has 48 valence electrons. The van der Waals surface area contributed by atoms with Crippen LogP contribution in [0, 0.1) is 0 Å². The van der Waals surface area contributed by atoms with E-state index in [1.54, 1.807) is 0 Å². The summed E-state index contributed by atoms with van der Waals surface area (Å²) in [5, 5.41) is 7.42. The second kappa shape index (κ2) is 18.3. The van der Waals surface area contributed by atoms with Gasteiger partial charge in [0.15, 0.2) is 0 Å². The molecular weight excluding hydrogens is 102 g/mol. The SMILES string of the molecule is CC(=O)O.N.O.O. The highest BCUT2D eigenvalue weighted by Gasteiger charge is 1.65. The highest BCUT2D eigenvalue weighted by atomic mass is 16.4. The number of carboxylic acids is 1. The first kappa shape index (κ1) is 32.9. The van der Waals surface area contributed by atoms with Crippen molar-refractivity contribution in [3.63, 3.8) is 0 Å². The minimum atomic E-state index is -0.833. The third kappa shape index (κ3) is 142. The van der Waals surface area contributed by atoms with Gasteiger partial charge in [-0.3, -0.25) is 4.79 Å². The van der Waals surface area contributed by atoms with Gasteiger partial charge in [0, 0.05) is 6.92 Å². The van der Waals surface area contributed by atoms with Crippen molar-refractivity contribution in [2.24, 2.45) is 0 Å². The lowest BCUT2D eigenvalue weighted by atomic mass is 10.9. The molecule has 0 atom stereocenters. The van der Waals surface area contributed by atoms with Gasteiger partial charge >= 0.3 is 0 Å². The van der Waals surface area contributed by atoms with Crippen LogP contribution in [-0.4, -0.2) is 22.0 Å². The molecule has 0 aromatic heterocycles. The summed E-state index contributed by atoms with van der Waals surface area (Å²) in [6, 6.07) is 0. The zero-order valence-electron chi connectivity index (χ0n) is 4.06. The van der Waals surface area contributed by atoms with Crippen LogP contribution in [0.5, 0.6) is 0 Å². The summed E-state index contributed by atoms with van der Waals surface area (Å²) in [7, 11) is 0. The highest BCUT2D eigenvalue weighted by molar-refractivity contribution is 5.62. The van der Waals surface area contributed by atoms with Crippen LogP contribution in [0.2, 0.25) is 0 Å². The number of rotatable bonds is 0. The van der Waals surface area contributed by atoms with Crippen molar-refractivity contribution in [2.75, 3.05) is 0 Å². The summed E-state index contributed by atoms with van der Waals surface area (Å²) < 4.78 is 0. The van der Waals surface area contributed by atoms with E-state index in [0.29, 0.717) is 0 Å².